The summed E-state index contributed by atoms with van der Waals surface area (Å²) in [4.78, 5) is 0. The van der Waals surface area contributed by atoms with E-state index >= 15 is 0 Å². The Balaban J connectivity index is 1.20. The van der Waals surface area contributed by atoms with Gasteiger partial charge in [-0.05, 0) is 102 Å². The summed E-state index contributed by atoms with van der Waals surface area (Å²) in [6, 6.07) is 78.6. The molecule has 0 radical (unpaired) electrons. The van der Waals surface area contributed by atoms with Crippen LogP contribution < -0.4 is 9.47 Å². The van der Waals surface area contributed by atoms with E-state index in [0.29, 0.717) is 66.1 Å². The minimum absolute atomic E-state index is 0.308. The molecule has 9 aromatic carbocycles. The molecule has 0 saturated heterocycles. The van der Waals surface area contributed by atoms with Crippen molar-refractivity contribution in [2.45, 2.75) is 66.1 Å². The molecule has 0 aliphatic rings. The lowest BCUT2D eigenvalue weighted by Gasteiger charge is -2.28. The summed E-state index contributed by atoms with van der Waals surface area (Å²) in [6.45, 7) is 3.89. The Morgan fingerprint density at radius 3 is 0.643 bits per heavy atom. The Labute approximate surface area is 412 Å². The van der Waals surface area contributed by atoms with Crippen LogP contribution in [0.15, 0.2) is 231 Å². The van der Waals surface area contributed by atoms with Crippen molar-refractivity contribution in [1.29, 1.82) is 0 Å². The van der Waals surface area contributed by atoms with Gasteiger partial charge >= 0.3 is 0 Å². The van der Waals surface area contributed by atoms with Gasteiger partial charge < -0.3 is 28.4 Å². The van der Waals surface area contributed by atoms with Crippen molar-refractivity contribution in [3.63, 3.8) is 0 Å². The predicted molar refractivity (Wildman–Crippen MR) is 279 cm³/mol. The van der Waals surface area contributed by atoms with Gasteiger partial charge in [0.15, 0.2) is 0 Å². The quantitative estimate of drug-likeness (QED) is 0.0602. The lowest BCUT2D eigenvalue weighted by atomic mass is 9.81. The Hall–Kier alpha value is -7.58. The van der Waals surface area contributed by atoms with Crippen LogP contribution in [0.1, 0.15) is 55.6 Å². The molecule has 0 bridgehead atoms. The molecule has 350 valence electrons. The summed E-state index contributed by atoms with van der Waals surface area (Å²) in [6.07, 6.45) is 0. The summed E-state index contributed by atoms with van der Waals surface area (Å²) in [7, 11) is 0. The molecule has 70 heavy (non-hydrogen) atoms. The molecule has 0 N–H and O–H groups in total. The third-order valence-electron chi connectivity index (χ3n) is 12.2. The monoisotopic (exact) mass is 922 g/mol. The van der Waals surface area contributed by atoms with Crippen LogP contribution in [0, 0.1) is 0 Å². The maximum Gasteiger partial charge on any atom is 0.119 e. The SMILES string of the molecule is c1ccc(COCc2c(COCc3ccccc3)c(-c3ccc(OCc4ccccc4)cc3)c(COCc3ccccc3)c(COCc3ccccc3)c2-c2ccc(OCc3ccccc3)cc2)cc1. The number of ether oxygens (including phenoxy) is 6. The smallest absolute Gasteiger partial charge is 0.119 e. The minimum atomic E-state index is 0.308. The van der Waals surface area contributed by atoms with Gasteiger partial charge in [0.05, 0.1) is 52.9 Å². The highest BCUT2D eigenvalue weighted by atomic mass is 16.5. The van der Waals surface area contributed by atoms with E-state index < -0.39 is 0 Å². The van der Waals surface area contributed by atoms with Gasteiger partial charge in [-0.2, -0.15) is 0 Å². The molecule has 0 heterocycles. The highest BCUT2D eigenvalue weighted by Crippen LogP contribution is 2.43. The van der Waals surface area contributed by atoms with E-state index in [4.69, 9.17) is 28.4 Å². The van der Waals surface area contributed by atoms with E-state index in [-0.39, 0.29) is 0 Å². The van der Waals surface area contributed by atoms with Gasteiger partial charge in [-0.1, -0.05) is 206 Å². The van der Waals surface area contributed by atoms with Crippen LogP contribution in [0.5, 0.6) is 11.5 Å². The van der Waals surface area contributed by atoms with E-state index in [9.17, 15) is 0 Å². The fraction of sp³-hybridized carbons (Fsp3) is 0.156. The fourth-order valence-electron chi connectivity index (χ4n) is 8.60. The molecule has 6 nitrogen and oxygen atoms in total. The van der Waals surface area contributed by atoms with Crippen molar-refractivity contribution in [2.24, 2.45) is 0 Å². The highest BCUT2D eigenvalue weighted by Gasteiger charge is 2.27. The van der Waals surface area contributed by atoms with Crippen LogP contribution in [0.2, 0.25) is 0 Å². The van der Waals surface area contributed by atoms with Crippen LogP contribution in [0.3, 0.4) is 0 Å². The van der Waals surface area contributed by atoms with Crippen LogP contribution >= 0.6 is 0 Å². The fourth-order valence-corrected chi connectivity index (χ4v) is 8.60. The van der Waals surface area contributed by atoms with E-state index in [1.54, 1.807) is 0 Å². The van der Waals surface area contributed by atoms with Crippen molar-refractivity contribution in [2.75, 3.05) is 0 Å². The zero-order valence-electron chi connectivity index (χ0n) is 39.5. The zero-order valence-corrected chi connectivity index (χ0v) is 39.5. The Kier molecular flexibility index (Phi) is 17.1. The van der Waals surface area contributed by atoms with Gasteiger partial charge in [-0.25, -0.2) is 0 Å². The molecular formula is C64H58O6. The average Bonchev–Trinajstić information content (AvgIpc) is 3.42. The molecule has 0 aliphatic heterocycles. The molecule has 9 aromatic rings. The maximum absolute atomic E-state index is 6.80. The Bertz CT molecular complexity index is 2610. The van der Waals surface area contributed by atoms with E-state index in [1.165, 1.54) is 0 Å². The summed E-state index contributed by atoms with van der Waals surface area (Å²) < 4.78 is 39.9. The summed E-state index contributed by atoms with van der Waals surface area (Å²) in [5.74, 6) is 1.56. The Morgan fingerprint density at radius 1 is 0.200 bits per heavy atom. The van der Waals surface area contributed by atoms with Crippen molar-refractivity contribution < 1.29 is 28.4 Å². The van der Waals surface area contributed by atoms with Crippen molar-refractivity contribution >= 4 is 0 Å². The van der Waals surface area contributed by atoms with Gasteiger partial charge in [0, 0.05) is 0 Å². The largest absolute Gasteiger partial charge is 0.489 e. The predicted octanol–water partition coefficient (Wildman–Crippen LogP) is 15.0. The van der Waals surface area contributed by atoms with Gasteiger partial charge in [0.2, 0.25) is 0 Å². The number of hydrogen-bond acceptors (Lipinski definition) is 6. The molecule has 0 atom stereocenters. The molecule has 0 amide bonds. The van der Waals surface area contributed by atoms with E-state index in [2.05, 4.69) is 121 Å². The second kappa shape index (κ2) is 25.2. The second-order valence-corrected chi connectivity index (χ2v) is 17.2. The van der Waals surface area contributed by atoms with E-state index in [0.717, 1.165) is 89.4 Å². The first-order valence-electron chi connectivity index (χ1n) is 23.9. The third-order valence-corrected chi connectivity index (χ3v) is 12.2. The second-order valence-electron chi connectivity index (χ2n) is 17.2. The van der Waals surface area contributed by atoms with Gasteiger partial charge in [-0.15, -0.1) is 0 Å². The lowest BCUT2D eigenvalue weighted by Crippen LogP contribution is -2.14. The third kappa shape index (κ3) is 13.3. The molecule has 0 aliphatic carbocycles. The molecule has 0 aromatic heterocycles. The van der Waals surface area contributed by atoms with E-state index in [1.807, 2.05) is 109 Å². The van der Waals surface area contributed by atoms with Crippen LogP contribution in [0.25, 0.3) is 22.3 Å². The molecule has 0 fully saturated rings. The topological polar surface area (TPSA) is 55.4 Å². The van der Waals surface area contributed by atoms with Crippen LogP contribution in [-0.4, -0.2) is 0 Å². The minimum Gasteiger partial charge on any atom is -0.489 e. The maximum atomic E-state index is 6.80. The zero-order chi connectivity index (χ0) is 47.4. The lowest BCUT2D eigenvalue weighted by molar-refractivity contribution is 0.0886. The van der Waals surface area contributed by atoms with Gasteiger partial charge in [0.25, 0.3) is 0 Å². The molecular weight excluding hydrogens is 865 g/mol. The number of hydrogen-bond donors (Lipinski definition) is 0. The van der Waals surface area contributed by atoms with Gasteiger partial charge in [0.1, 0.15) is 24.7 Å². The van der Waals surface area contributed by atoms with Crippen molar-refractivity contribution in [3.8, 4) is 33.8 Å². The highest BCUT2D eigenvalue weighted by molar-refractivity contribution is 5.84. The molecule has 0 saturated carbocycles. The normalized spacial score (nSPS) is 11.1. The molecule has 0 unspecified atom stereocenters. The molecule has 0 spiro atoms. The van der Waals surface area contributed by atoms with Crippen molar-refractivity contribution in [1.82, 2.24) is 0 Å². The van der Waals surface area contributed by atoms with Crippen molar-refractivity contribution in [3.05, 3.63) is 286 Å². The standard InChI is InChI=1S/C64H58O6/c1-7-19-49(20-8-1)39-65-45-59-60(46-66-40-50-21-9-2-10-22-50)64(56-33-37-58(38-34-56)70-44-54-29-17-6-18-30-54)62(48-68-42-52-25-13-4-14-26-52)61(47-67-41-51-23-11-3-12-24-51)63(59)55-31-35-57(36-32-55)69-43-53-27-15-5-16-28-53/h1-38H,39-48H2. The first-order valence-corrected chi connectivity index (χ1v) is 23.9. The van der Waals surface area contributed by atoms with Crippen LogP contribution in [-0.2, 0) is 85.0 Å². The number of rotatable bonds is 24. The summed E-state index contributed by atoms with van der Waals surface area (Å²) in [5.41, 5.74) is 14.7. The first-order chi connectivity index (χ1) is 34.7. The molecule has 9 rings (SSSR count). The Morgan fingerprint density at radius 2 is 0.414 bits per heavy atom. The molecule has 6 heteroatoms. The average molecular weight is 923 g/mol. The van der Waals surface area contributed by atoms with Gasteiger partial charge in [-0.3, -0.25) is 0 Å². The summed E-state index contributed by atoms with van der Waals surface area (Å²) in [5, 5.41) is 0. The van der Waals surface area contributed by atoms with Crippen LogP contribution in [0.4, 0.5) is 0 Å². The first kappa shape index (κ1) is 47.5. The number of benzene rings is 9. The summed E-state index contributed by atoms with van der Waals surface area (Å²) >= 11 is 0.